The number of carbonyl (C=O) groups is 2. The fourth-order valence-corrected chi connectivity index (χ4v) is 9.03. The lowest BCUT2D eigenvalue weighted by Crippen LogP contribution is -2.40. The number of H-pyrrole nitrogens is 1. The Kier molecular flexibility index (Phi) is 9.85. The van der Waals surface area contributed by atoms with E-state index in [9.17, 15) is 29.7 Å². The van der Waals surface area contributed by atoms with Gasteiger partial charge in [-0.25, -0.2) is 4.79 Å². The monoisotopic (exact) mass is 728 g/mol. The van der Waals surface area contributed by atoms with Crippen LogP contribution in [0.4, 0.5) is 0 Å². The van der Waals surface area contributed by atoms with Gasteiger partial charge in [0.25, 0.3) is 5.91 Å². The first-order valence-corrected chi connectivity index (χ1v) is 18.7. The maximum atomic E-state index is 13.5. The number of aromatic hydroxyl groups is 1. The van der Waals surface area contributed by atoms with Crippen molar-refractivity contribution in [3.63, 3.8) is 0 Å². The predicted molar refractivity (Wildman–Crippen MR) is 196 cm³/mol. The van der Waals surface area contributed by atoms with Crippen LogP contribution >= 0.6 is 22.7 Å². The van der Waals surface area contributed by atoms with Crippen molar-refractivity contribution in [1.82, 2.24) is 20.5 Å². The van der Waals surface area contributed by atoms with E-state index < -0.39 is 17.7 Å². The molecule has 1 amide bonds. The molecule has 4 atom stereocenters. The lowest BCUT2D eigenvalue weighted by atomic mass is 9.84. The summed E-state index contributed by atoms with van der Waals surface area (Å²) in [4.78, 5) is 43.9. The summed E-state index contributed by atoms with van der Waals surface area (Å²) in [5.74, 6) is -0.570. The van der Waals surface area contributed by atoms with Crippen molar-refractivity contribution in [3.05, 3.63) is 120 Å². The van der Waals surface area contributed by atoms with Crippen molar-refractivity contribution in [2.75, 3.05) is 33.2 Å². The summed E-state index contributed by atoms with van der Waals surface area (Å²) in [6.07, 6.45) is 0.845. The standard InChI is InChI=1S/C38H40N4O7S2/c1-42(22-37-15-14-27(37)34(37)49-36(47)38(48,30-4-2-18-50-30)31-5-3-19-51-31)17-16-40-35(46)24-8-6-23(7-9-24)20-39-21-29(44)25-10-12-28(43)33-26(25)11-13-32(45)41-33/h2-13,18-19,27,29,34,39,43-44,48H,14-17,20-22H2,1H3,(H,40,46)(H,41,45)/t27?,29-,34?,37?/m0/s1. The second kappa shape index (κ2) is 14.3. The number of aromatic nitrogens is 1. The fraction of sp³-hybridized carbons (Fsp3) is 0.342. The average molecular weight is 729 g/mol. The van der Waals surface area contributed by atoms with Gasteiger partial charge in [-0.3, -0.25) is 9.59 Å². The zero-order valence-electron chi connectivity index (χ0n) is 28.0. The molecule has 13 heteroatoms. The van der Waals surface area contributed by atoms with Crippen molar-refractivity contribution in [2.45, 2.75) is 37.2 Å². The SMILES string of the molecule is CN(CCNC(=O)c1ccc(CNC[C@H](O)c2ccc(O)c3[nH]c(=O)ccc23)cc1)CC12CCC1C2OC(=O)C(O)(c1cccs1)c1cccs1. The number of aliphatic hydroxyl groups excluding tert-OH is 1. The van der Waals surface area contributed by atoms with E-state index in [4.69, 9.17) is 4.74 Å². The summed E-state index contributed by atoms with van der Waals surface area (Å²) in [7, 11) is 2.00. The number of aromatic amines is 1. The summed E-state index contributed by atoms with van der Waals surface area (Å²) in [6, 6.07) is 20.5. The van der Waals surface area contributed by atoms with Crippen molar-refractivity contribution in [2.24, 2.45) is 11.3 Å². The molecule has 3 aromatic heterocycles. The van der Waals surface area contributed by atoms with E-state index in [1.54, 1.807) is 36.4 Å². The number of esters is 1. The van der Waals surface area contributed by atoms with E-state index in [1.807, 2.05) is 42.1 Å². The van der Waals surface area contributed by atoms with Gasteiger partial charge in [0.15, 0.2) is 0 Å². The molecule has 5 aromatic rings. The zero-order valence-corrected chi connectivity index (χ0v) is 29.6. The molecule has 266 valence electrons. The molecule has 11 nitrogen and oxygen atoms in total. The maximum Gasteiger partial charge on any atom is 0.349 e. The number of nitrogens with zero attached hydrogens (tertiary/aromatic N) is 1. The number of amides is 1. The van der Waals surface area contributed by atoms with Crippen LogP contribution in [0.1, 0.15) is 50.2 Å². The van der Waals surface area contributed by atoms with Crippen LogP contribution in [0.5, 0.6) is 5.75 Å². The number of phenolic OH excluding ortho intramolecular Hbond substituents is 1. The van der Waals surface area contributed by atoms with Crippen LogP contribution in [0.2, 0.25) is 0 Å². The van der Waals surface area contributed by atoms with Crippen LogP contribution in [-0.2, 0) is 21.7 Å². The first-order chi connectivity index (χ1) is 24.6. The molecule has 2 aliphatic rings. The quantitative estimate of drug-likeness (QED) is 0.0872. The molecule has 2 aromatic carbocycles. The van der Waals surface area contributed by atoms with E-state index in [2.05, 4.69) is 20.5 Å². The van der Waals surface area contributed by atoms with Crippen molar-refractivity contribution >= 4 is 45.5 Å². The van der Waals surface area contributed by atoms with E-state index >= 15 is 0 Å². The van der Waals surface area contributed by atoms with Crippen LogP contribution in [0, 0.1) is 11.3 Å². The lowest BCUT2D eigenvalue weighted by Gasteiger charge is -2.30. The van der Waals surface area contributed by atoms with Gasteiger partial charge >= 0.3 is 5.97 Å². The molecule has 51 heavy (non-hydrogen) atoms. The topological polar surface area (TPSA) is 164 Å². The number of nitrogens with one attached hydrogen (secondary N) is 3. The number of thiophene rings is 2. The zero-order chi connectivity index (χ0) is 35.8. The van der Waals surface area contributed by atoms with Crippen LogP contribution in [0.15, 0.2) is 88.4 Å². The molecule has 0 saturated heterocycles. The molecule has 3 heterocycles. The number of rotatable bonds is 15. The van der Waals surface area contributed by atoms with Gasteiger partial charge in [0.05, 0.1) is 21.4 Å². The minimum atomic E-state index is -1.81. The Balaban J connectivity index is 0.853. The highest BCUT2D eigenvalue weighted by Gasteiger charge is 2.73. The Morgan fingerprint density at radius 3 is 2.43 bits per heavy atom. The van der Waals surface area contributed by atoms with E-state index in [0.29, 0.717) is 45.9 Å². The number of hydrogen-bond donors (Lipinski definition) is 6. The third-order valence-corrected chi connectivity index (χ3v) is 12.2. The Hall–Kier alpha value is -4.37. The molecule has 0 bridgehead atoms. The molecule has 2 aliphatic carbocycles. The van der Waals surface area contributed by atoms with Crippen LogP contribution < -0.4 is 16.2 Å². The Labute approximate surface area is 302 Å². The largest absolute Gasteiger partial charge is 0.506 e. The fourth-order valence-electron chi connectivity index (χ4n) is 7.32. The summed E-state index contributed by atoms with van der Waals surface area (Å²) < 4.78 is 6.05. The highest BCUT2D eigenvalue weighted by Crippen LogP contribution is 2.69. The van der Waals surface area contributed by atoms with Gasteiger partial charge in [0, 0.05) is 61.1 Å². The van der Waals surface area contributed by atoms with Crippen LogP contribution in [0.25, 0.3) is 10.9 Å². The first-order valence-electron chi connectivity index (χ1n) is 16.9. The van der Waals surface area contributed by atoms with E-state index in [0.717, 1.165) is 24.9 Å². The third kappa shape index (κ3) is 6.85. The number of benzene rings is 2. The smallest absolute Gasteiger partial charge is 0.349 e. The number of carbonyl (C=O) groups excluding carboxylic acids is 2. The normalized spacial score (nSPS) is 20.1. The Morgan fingerprint density at radius 1 is 1.06 bits per heavy atom. The number of aliphatic hydroxyl groups is 2. The highest BCUT2D eigenvalue weighted by molar-refractivity contribution is 7.12. The molecule has 2 saturated carbocycles. The molecule has 2 fully saturated rings. The van der Waals surface area contributed by atoms with E-state index in [-0.39, 0.29) is 46.7 Å². The molecule has 3 unspecified atom stereocenters. The van der Waals surface area contributed by atoms with Gasteiger partial charge in [0.2, 0.25) is 11.2 Å². The summed E-state index contributed by atoms with van der Waals surface area (Å²) in [5, 5.41) is 43.0. The molecule has 0 aliphatic heterocycles. The molecule has 0 spiro atoms. The van der Waals surface area contributed by atoms with Gasteiger partial charge in [-0.2, -0.15) is 0 Å². The van der Waals surface area contributed by atoms with Crippen molar-refractivity contribution < 1.29 is 29.6 Å². The Bertz CT molecular complexity index is 2030. The van der Waals surface area contributed by atoms with Gasteiger partial charge in [0.1, 0.15) is 11.9 Å². The summed E-state index contributed by atoms with van der Waals surface area (Å²) >= 11 is 2.67. The maximum absolute atomic E-state index is 13.5. The number of likely N-dealkylation sites (N-methyl/N-ethyl adjacent to an activating group) is 1. The summed E-state index contributed by atoms with van der Waals surface area (Å²) in [5.41, 5.74) is 0.0998. The van der Waals surface area contributed by atoms with Crippen molar-refractivity contribution in [3.8, 4) is 5.75 Å². The minimum absolute atomic E-state index is 0.0588. The summed E-state index contributed by atoms with van der Waals surface area (Å²) in [6.45, 7) is 2.54. The van der Waals surface area contributed by atoms with E-state index in [1.165, 1.54) is 34.8 Å². The molecule has 7 rings (SSSR count). The number of pyridine rings is 1. The molecule has 0 radical (unpaired) electrons. The van der Waals surface area contributed by atoms with Gasteiger partial charge in [-0.15, -0.1) is 22.7 Å². The van der Waals surface area contributed by atoms with Crippen molar-refractivity contribution in [1.29, 1.82) is 0 Å². The van der Waals surface area contributed by atoms with Gasteiger partial charge < -0.3 is 40.6 Å². The predicted octanol–water partition coefficient (Wildman–Crippen LogP) is 4.10. The lowest BCUT2D eigenvalue weighted by molar-refractivity contribution is -0.164. The number of ether oxygens (including phenoxy) is 1. The second-order valence-electron chi connectivity index (χ2n) is 13.5. The first kappa shape index (κ1) is 35.1. The number of hydrogen-bond acceptors (Lipinski definition) is 11. The Morgan fingerprint density at radius 2 is 1.78 bits per heavy atom. The number of phenols is 1. The number of fused-ring (bicyclic) bond motifs is 2. The third-order valence-electron chi connectivity index (χ3n) is 10.3. The van der Waals surface area contributed by atoms with Crippen LogP contribution in [0.3, 0.4) is 0 Å². The van der Waals surface area contributed by atoms with Gasteiger partial charge in [-0.05, 0) is 78.2 Å². The average Bonchev–Trinajstić information content (AvgIpc) is 3.72. The highest BCUT2D eigenvalue weighted by atomic mass is 32.1. The molecule has 6 N–H and O–H groups in total. The molecular formula is C38H40N4O7S2. The second-order valence-corrected chi connectivity index (χ2v) is 15.4. The minimum Gasteiger partial charge on any atom is -0.506 e. The van der Waals surface area contributed by atoms with Gasteiger partial charge in [-0.1, -0.05) is 30.3 Å². The molecular weight excluding hydrogens is 689 g/mol. The van der Waals surface area contributed by atoms with Crippen LogP contribution in [-0.4, -0.2) is 76.4 Å².